The predicted molar refractivity (Wildman–Crippen MR) is 50.1 cm³/mol. The van der Waals surface area contributed by atoms with Gasteiger partial charge >= 0.3 is 6.03 Å². The summed E-state index contributed by atoms with van der Waals surface area (Å²) in [5.74, 6) is -1.29. The highest BCUT2D eigenvalue weighted by molar-refractivity contribution is 6.07. The van der Waals surface area contributed by atoms with E-state index in [-0.39, 0.29) is 5.57 Å². The molecule has 0 aliphatic carbocycles. The Morgan fingerprint density at radius 2 is 1.79 bits per heavy atom. The first-order valence-corrected chi connectivity index (χ1v) is 3.92. The van der Waals surface area contributed by atoms with E-state index in [4.69, 9.17) is 5.73 Å². The SMILES string of the molecule is C=C(C)C(=O)NC(=O)NC(=O)C(C)N. The van der Waals surface area contributed by atoms with Gasteiger partial charge in [-0.3, -0.25) is 20.2 Å². The van der Waals surface area contributed by atoms with Crippen LogP contribution >= 0.6 is 0 Å². The first-order chi connectivity index (χ1) is 6.34. The van der Waals surface area contributed by atoms with Crippen molar-refractivity contribution >= 4 is 17.8 Å². The molecule has 0 aromatic carbocycles. The van der Waals surface area contributed by atoms with Gasteiger partial charge in [-0.2, -0.15) is 0 Å². The van der Waals surface area contributed by atoms with Gasteiger partial charge in [-0.1, -0.05) is 6.58 Å². The monoisotopic (exact) mass is 199 g/mol. The minimum atomic E-state index is -0.902. The van der Waals surface area contributed by atoms with E-state index >= 15 is 0 Å². The average Bonchev–Trinajstić information content (AvgIpc) is 2.03. The molecule has 0 aromatic rings. The van der Waals surface area contributed by atoms with E-state index in [0.717, 1.165) is 0 Å². The third-order valence-electron chi connectivity index (χ3n) is 1.26. The summed E-state index contributed by atoms with van der Waals surface area (Å²) >= 11 is 0. The van der Waals surface area contributed by atoms with Crippen molar-refractivity contribution in [3.8, 4) is 0 Å². The van der Waals surface area contributed by atoms with Crippen molar-refractivity contribution in [1.82, 2.24) is 10.6 Å². The Morgan fingerprint density at radius 3 is 2.14 bits per heavy atom. The van der Waals surface area contributed by atoms with Crippen LogP contribution < -0.4 is 16.4 Å². The highest BCUT2D eigenvalue weighted by Gasteiger charge is 2.13. The Balaban J connectivity index is 4.06. The summed E-state index contributed by atoms with van der Waals surface area (Å²) in [5.41, 5.74) is 5.35. The van der Waals surface area contributed by atoms with Crippen LogP contribution in [0.25, 0.3) is 0 Å². The molecule has 78 valence electrons. The second-order valence-corrected chi connectivity index (χ2v) is 2.84. The normalized spacial score (nSPS) is 11.4. The molecule has 0 heterocycles. The predicted octanol–water partition coefficient (Wildman–Crippen LogP) is -0.738. The molecule has 0 aromatic heterocycles. The van der Waals surface area contributed by atoms with E-state index in [1.807, 2.05) is 10.6 Å². The van der Waals surface area contributed by atoms with Crippen LogP contribution in [-0.4, -0.2) is 23.9 Å². The number of carbonyl (C=O) groups excluding carboxylic acids is 3. The number of nitrogens with one attached hydrogen (secondary N) is 2. The lowest BCUT2D eigenvalue weighted by atomic mass is 10.3. The summed E-state index contributed by atoms with van der Waals surface area (Å²) in [7, 11) is 0. The molecule has 4 amide bonds. The minimum absolute atomic E-state index is 0.174. The topological polar surface area (TPSA) is 101 Å². The van der Waals surface area contributed by atoms with Crippen LogP contribution in [0, 0.1) is 0 Å². The van der Waals surface area contributed by atoms with Gasteiger partial charge in [0.25, 0.3) is 5.91 Å². The van der Waals surface area contributed by atoms with Crippen LogP contribution in [0.5, 0.6) is 0 Å². The number of amides is 4. The van der Waals surface area contributed by atoms with Gasteiger partial charge in [-0.15, -0.1) is 0 Å². The molecule has 6 nitrogen and oxygen atoms in total. The molecule has 0 rings (SSSR count). The molecule has 0 saturated heterocycles. The smallest absolute Gasteiger partial charge is 0.320 e. The van der Waals surface area contributed by atoms with Crippen molar-refractivity contribution in [2.45, 2.75) is 19.9 Å². The van der Waals surface area contributed by atoms with Gasteiger partial charge in [0.1, 0.15) is 0 Å². The summed E-state index contributed by atoms with van der Waals surface area (Å²) in [6.07, 6.45) is 0. The zero-order chi connectivity index (χ0) is 11.3. The van der Waals surface area contributed by atoms with E-state index in [1.54, 1.807) is 0 Å². The molecule has 6 heteroatoms. The molecule has 0 bridgehead atoms. The fourth-order valence-electron chi connectivity index (χ4n) is 0.467. The van der Waals surface area contributed by atoms with Gasteiger partial charge in [-0.25, -0.2) is 4.79 Å². The molecule has 14 heavy (non-hydrogen) atoms. The standard InChI is InChI=1S/C8H13N3O3/c1-4(2)6(12)10-8(14)11-7(13)5(3)9/h5H,1,9H2,2-3H3,(H2,10,11,12,13,14). The molecule has 4 N–H and O–H groups in total. The molecular formula is C8H13N3O3. The van der Waals surface area contributed by atoms with E-state index in [0.29, 0.717) is 0 Å². The summed E-state index contributed by atoms with van der Waals surface area (Å²) in [5, 5.41) is 3.79. The number of nitrogens with two attached hydrogens (primary N) is 1. The molecule has 0 aliphatic heterocycles. The fourth-order valence-corrected chi connectivity index (χ4v) is 0.467. The Hall–Kier alpha value is -1.69. The molecule has 0 radical (unpaired) electrons. The van der Waals surface area contributed by atoms with Crippen LogP contribution in [0.2, 0.25) is 0 Å². The lowest BCUT2D eigenvalue weighted by molar-refractivity contribution is -0.120. The molecule has 1 unspecified atom stereocenters. The van der Waals surface area contributed by atoms with Crippen molar-refractivity contribution in [2.75, 3.05) is 0 Å². The maximum Gasteiger partial charge on any atom is 0.328 e. The van der Waals surface area contributed by atoms with Gasteiger partial charge in [0.2, 0.25) is 5.91 Å². The van der Waals surface area contributed by atoms with Gasteiger partial charge in [0.05, 0.1) is 6.04 Å². The average molecular weight is 199 g/mol. The van der Waals surface area contributed by atoms with E-state index in [9.17, 15) is 14.4 Å². The van der Waals surface area contributed by atoms with Crippen molar-refractivity contribution in [3.05, 3.63) is 12.2 Å². The lowest BCUT2D eigenvalue weighted by Gasteiger charge is -2.06. The Labute approximate surface area is 81.5 Å². The van der Waals surface area contributed by atoms with Gasteiger partial charge < -0.3 is 5.73 Å². The molecule has 0 aliphatic rings. The fraction of sp³-hybridized carbons (Fsp3) is 0.375. The summed E-state index contributed by atoms with van der Waals surface area (Å²) in [4.78, 5) is 32.7. The molecule has 0 saturated carbocycles. The maximum absolute atomic E-state index is 10.9. The number of hydrogen-bond acceptors (Lipinski definition) is 4. The third-order valence-corrected chi connectivity index (χ3v) is 1.26. The number of rotatable bonds is 2. The van der Waals surface area contributed by atoms with Crippen LogP contribution in [0.1, 0.15) is 13.8 Å². The van der Waals surface area contributed by atoms with Crippen molar-refractivity contribution < 1.29 is 14.4 Å². The Morgan fingerprint density at radius 1 is 1.29 bits per heavy atom. The van der Waals surface area contributed by atoms with Crippen LogP contribution in [0.15, 0.2) is 12.2 Å². The summed E-state index contributed by atoms with van der Waals surface area (Å²) in [6.45, 7) is 6.18. The van der Waals surface area contributed by atoms with Gasteiger partial charge in [0.15, 0.2) is 0 Å². The molecular weight excluding hydrogens is 186 g/mol. The van der Waals surface area contributed by atoms with Crippen molar-refractivity contribution in [1.29, 1.82) is 0 Å². The molecule has 0 fully saturated rings. The van der Waals surface area contributed by atoms with Gasteiger partial charge in [0, 0.05) is 5.57 Å². The van der Waals surface area contributed by atoms with Gasteiger partial charge in [-0.05, 0) is 13.8 Å². The van der Waals surface area contributed by atoms with Crippen LogP contribution in [0.4, 0.5) is 4.79 Å². The summed E-state index contributed by atoms with van der Waals surface area (Å²) < 4.78 is 0. The zero-order valence-corrected chi connectivity index (χ0v) is 8.09. The second kappa shape index (κ2) is 5.13. The minimum Gasteiger partial charge on any atom is -0.320 e. The molecule has 0 spiro atoms. The van der Waals surface area contributed by atoms with Crippen molar-refractivity contribution in [3.63, 3.8) is 0 Å². The number of imide groups is 2. The third kappa shape index (κ3) is 4.36. The largest absolute Gasteiger partial charge is 0.328 e. The van der Waals surface area contributed by atoms with E-state index < -0.39 is 23.9 Å². The lowest BCUT2D eigenvalue weighted by Crippen LogP contribution is -2.47. The first-order valence-electron chi connectivity index (χ1n) is 3.92. The molecule has 1 atom stereocenters. The quantitative estimate of drug-likeness (QED) is 0.510. The van der Waals surface area contributed by atoms with Crippen LogP contribution in [0.3, 0.4) is 0 Å². The zero-order valence-electron chi connectivity index (χ0n) is 8.09. The van der Waals surface area contributed by atoms with E-state index in [1.165, 1.54) is 13.8 Å². The van der Waals surface area contributed by atoms with Crippen LogP contribution in [-0.2, 0) is 9.59 Å². The highest BCUT2D eigenvalue weighted by atomic mass is 16.2. The number of carbonyl (C=O) groups is 3. The maximum atomic E-state index is 10.9. The van der Waals surface area contributed by atoms with Crippen molar-refractivity contribution in [2.24, 2.45) is 5.73 Å². The highest BCUT2D eigenvalue weighted by Crippen LogP contribution is 1.85. The first kappa shape index (κ1) is 12.3. The Kier molecular flexibility index (Phi) is 4.51. The number of urea groups is 1. The van der Waals surface area contributed by atoms with E-state index in [2.05, 4.69) is 6.58 Å². The number of hydrogen-bond donors (Lipinski definition) is 3. The summed E-state index contributed by atoms with van der Waals surface area (Å²) in [6, 6.07) is -1.71. The Bertz CT molecular complexity index is 284. The second-order valence-electron chi connectivity index (χ2n) is 2.84.